The van der Waals surface area contributed by atoms with Crippen molar-refractivity contribution in [1.82, 2.24) is 10.6 Å². The molecule has 1 saturated heterocycles. The molecule has 0 saturated carbocycles. The van der Waals surface area contributed by atoms with Gasteiger partial charge in [0, 0.05) is 25.6 Å². The Labute approximate surface area is 130 Å². The van der Waals surface area contributed by atoms with Crippen molar-refractivity contribution >= 4 is 16.1 Å². The Morgan fingerprint density at radius 1 is 1.23 bits per heavy atom. The SMILES string of the molecule is NS(=O)(=O)Cc1ccc(CNC(=O)NCC2CCOC2)cc1. The lowest BCUT2D eigenvalue weighted by molar-refractivity contribution is 0.185. The Hall–Kier alpha value is -1.64. The maximum atomic E-state index is 11.7. The van der Waals surface area contributed by atoms with Gasteiger partial charge in [-0.15, -0.1) is 0 Å². The van der Waals surface area contributed by atoms with E-state index in [1.807, 2.05) is 0 Å². The van der Waals surface area contributed by atoms with Crippen LogP contribution in [0.2, 0.25) is 0 Å². The molecule has 0 radical (unpaired) electrons. The molecule has 2 amide bonds. The molecule has 1 aliphatic rings. The van der Waals surface area contributed by atoms with Crippen molar-refractivity contribution in [3.8, 4) is 0 Å². The summed E-state index contributed by atoms with van der Waals surface area (Å²) in [5, 5.41) is 10.6. The summed E-state index contributed by atoms with van der Waals surface area (Å²) in [6.07, 6.45) is 0.978. The third-order valence-corrected chi connectivity index (χ3v) is 4.15. The molecule has 22 heavy (non-hydrogen) atoms. The van der Waals surface area contributed by atoms with E-state index in [1.54, 1.807) is 24.3 Å². The fourth-order valence-electron chi connectivity index (χ4n) is 2.21. The summed E-state index contributed by atoms with van der Waals surface area (Å²) in [6, 6.07) is 6.70. The molecular weight excluding hydrogens is 306 g/mol. The predicted octanol–water partition coefficient (Wildman–Crippen LogP) is 0.311. The monoisotopic (exact) mass is 327 g/mol. The van der Waals surface area contributed by atoms with Crippen molar-refractivity contribution in [1.29, 1.82) is 0 Å². The quantitative estimate of drug-likeness (QED) is 0.698. The van der Waals surface area contributed by atoms with Crippen molar-refractivity contribution in [2.45, 2.75) is 18.7 Å². The number of nitrogens with one attached hydrogen (secondary N) is 2. The third-order valence-electron chi connectivity index (χ3n) is 3.42. The second-order valence-electron chi connectivity index (χ2n) is 5.42. The standard InChI is InChI=1S/C14H21N3O4S/c15-22(19,20)10-12-3-1-11(2-4-12)7-16-14(18)17-8-13-5-6-21-9-13/h1-4,13H,5-10H2,(H2,15,19,20)(H2,16,17,18). The van der Waals surface area contributed by atoms with Gasteiger partial charge < -0.3 is 15.4 Å². The highest BCUT2D eigenvalue weighted by Gasteiger charge is 2.16. The molecular formula is C14H21N3O4S. The Balaban J connectivity index is 1.72. The molecule has 1 heterocycles. The van der Waals surface area contributed by atoms with Crippen LogP contribution in [-0.2, 0) is 27.1 Å². The van der Waals surface area contributed by atoms with Crippen LogP contribution in [0.4, 0.5) is 4.79 Å². The van der Waals surface area contributed by atoms with Gasteiger partial charge in [-0.1, -0.05) is 24.3 Å². The van der Waals surface area contributed by atoms with Crippen LogP contribution in [0.15, 0.2) is 24.3 Å². The number of benzene rings is 1. The second-order valence-corrected chi connectivity index (χ2v) is 7.03. The fraction of sp³-hybridized carbons (Fsp3) is 0.500. The van der Waals surface area contributed by atoms with Crippen molar-refractivity contribution in [3.05, 3.63) is 35.4 Å². The van der Waals surface area contributed by atoms with Gasteiger partial charge in [0.05, 0.1) is 12.4 Å². The molecule has 1 aromatic rings. The number of rotatable bonds is 6. The average molecular weight is 327 g/mol. The van der Waals surface area contributed by atoms with E-state index in [0.29, 0.717) is 31.2 Å². The number of sulfonamides is 1. The summed E-state index contributed by atoms with van der Waals surface area (Å²) in [5.41, 5.74) is 1.51. The Kier molecular flexibility index (Phi) is 5.76. The number of urea groups is 1. The Bertz CT molecular complexity index is 595. The summed E-state index contributed by atoms with van der Waals surface area (Å²) in [7, 11) is -3.52. The first kappa shape index (κ1) is 16.7. The average Bonchev–Trinajstić information content (AvgIpc) is 2.96. The molecule has 0 aliphatic carbocycles. The van der Waals surface area contributed by atoms with Crippen LogP contribution in [0, 0.1) is 5.92 Å². The number of primary sulfonamides is 1. The van der Waals surface area contributed by atoms with Gasteiger partial charge in [0.25, 0.3) is 0 Å². The lowest BCUT2D eigenvalue weighted by Gasteiger charge is -2.11. The van der Waals surface area contributed by atoms with Gasteiger partial charge in [-0.25, -0.2) is 18.4 Å². The molecule has 7 nitrogen and oxygen atoms in total. The molecule has 1 atom stereocenters. The van der Waals surface area contributed by atoms with Gasteiger partial charge in [0.1, 0.15) is 0 Å². The molecule has 0 spiro atoms. The first-order chi connectivity index (χ1) is 10.4. The van der Waals surface area contributed by atoms with E-state index < -0.39 is 10.0 Å². The van der Waals surface area contributed by atoms with E-state index >= 15 is 0 Å². The van der Waals surface area contributed by atoms with E-state index in [4.69, 9.17) is 9.88 Å². The Morgan fingerprint density at radius 3 is 2.50 bits per heavy atom. The lowest BCUT2D eigenvalue weighted by Crippen LogP contribution is -2.38. The molecule has 4 N–H and O–H groups in total. The number of hydrogen-bond donors (Lipinski definition) is 3. The van der Waals surface area contributed by atoms with Crippen LogP contribution in [0.3, 0.4) is 0 Å². The number of ether oxygens (including phenoxy) is 1. The van der Waals surface area contributed by atoms with Crippen molar-refractivity contribution < 1.29 is 17.9 Å². The zero-order chi connectivity index (χ0) is 16.0. The van der Waals surface area contributed by atoms with Crippen LogP contribution >= 0.6 is 0 Å². The molecule has 8 heteroatoms. The number of hydrogen-bond acceptors (Lipinski definition) is 4. The minimum atomic E-state index is -3.52. The largest absolute Gasteiger partial charge is 0.381 e. The molecule has 1 unspecified atom stereocenters. The minimum Gasteiger partial charge on any atom is -0.381 e. The number of carbonyl (C=O) groups excluding carboxylic acids is 1. The van der Waals surface area contributed by atoms with Crippen LogP contribution in [-0.4, -0.2) is 34.2 Å². The van der Waals surface area contributed by atoms with E-state index in [0.717, 1.165) is 18.6 Å². The van der Waals surface area contributed by atoms with E-state index in [2.05, 4.69) is 10.6 Å². The van der Waals surface area contributed by atoms with E-state index in [1.165, 1.54) is 0 Å². The van der Waals surface area contributed by atoms with Gasteiger partial charge in [-0.2, -0.15) is 0 Å². The first-order valence-corrected chi connectivity index (χ1v) is 8.81. The van der Waals surface area contributed by atoms with Gasteiger partial charge in [-0.3, -0.25) is 0 Å². The molecule has 0 aromatic heterocycles. The fourth-order valence-corrected chi connectivity index (χ4v) is 2.87. The highest BCUT2D eigenvalue weighted by atomic mass is 32.2. The zero-order valence-corrected chi connectivity index (χ0v) is 13.1. The highest BCUT2D eigenvalue weighted by Crippen LogP contribution is 2.10. The van der Waals surface area contributed by atoms with Gasteiger partial charge in [0.15, 0.2) is 0 Å². The van der Waals surface area contributed by atoms with E-state index in [-0.39, 0.29) is 11.8 Å². The van der Waals surface area contributed by atoms with E-state index in [9.17, 15) is 13.2 Å². The minimum absolute atomic E-state index is 0.190. The predicted molar refractivity (Wildman–Crippen MR) is 82.4 cm³/mol. The van der Waals surface area contributed by atoms with Gasteiger partial charge >= 0.3 is 6.03 Å². The van der Waals surface area contributed by atoms with Crippen LogP contribution in [0.5, 0.6) is 0 Å². The highest BCUT2D eigenvalue weighted by molar-refractivity contribution is 7.88. The topological polar surface area (TPSA) is 111 Å². The molecule has 1 fully saturated rings. The number of nitrogens with two attached hydrogens (primary N) is 1. The number of amides is 2. The van der Waals surface area contributed by atoms with Gasteiger partial charge in [0.2, 0.25) is 10.0 Å². The summed E-state index contributed by atoms with van der Waals surface area (Å²) in [4.78, 5) is 11.7. The summed E-state index contributed by atoms with van der Waals surface area (Å²) >= 11 is 0. The third kappa shape index (κ3) is 6.00. The zero-order valence-electron chi connectivity index (χ0n) is 12.2. The van der Waals surface area contributed by atoms with Crippen molar-refractivity contribution in [2.75, 3.05) is 19.8 Å². The lowest BCUT2D eigenvalue weighted by atomic mass is 10.1. The maximum Gasteiger partial charge on any atom is 0.315 e. The maximum absolute atomic E-state index is 11.7. The molecule has 1 aromatic carbocycles. The smallest absolute Gasteiger partial charge is 0.315 e. The van der Waals surface area contributed by atoms with Crippen LogP contribution < -0.4 is 15.8 Å². The van der Waals surface area contributed by atoms with Gasteiger partial charge in [-0.05, 0) is 17.5 Å². The molecule has 1 aliphatic heterocycles. The van der Waals surface area contributed by atoms with Crippen molar-refractivity contribution in [2.24, 2.45) is 11.1 Å². The number of carbonyl (C=O) groups is 1. The summed E-state index contributed by atoms with van der Waals surface area (Å²) < 4.78 is 27.2. The van der Waals surface area contributed by atoms with Crippen LogP contribution in [0.1, 0.15) is 17.5 Å². The van der Waals surface area contributed by atoms with Crippen molar-refractivity contribution in [3.63, 3.8) is 0 Å². The normalized spacial score (nSPS) is 18.1. The summed E-state index contributed by atoms with van der Waals surface area (Å²) in [6.45, 7) is 2.45. The second kappa shape index (κ2) is 7.57. The summed E-state index contributed by atoms with van der Waals surface area (Å²) in [5.74, 6) is 0.202. The molecule has 0 bridgehead atoms. The van der Waals surface area contributed by atoms with Crippen LogP contribution in [0.25, 0.3) is 0 Å². The molecule has 122 valence electrons. The Morgan fingerprint density at radius 2 is 1.91 bits per heavy atom. The first-order valence-electron chi connectivity index (χ1n) is 7.10. The molecule has 2 rings (SSSR count).